The van der Waals surface area contributed by atoms with E-state index in [0.717, 1.165) is 15.6 Å². The Morgan fingerprint density at radius 2 is 1.89 bits per heavy atom. The van der Waals surface area contributed by atoms with Crippen LogP contribution in [0.2, 0.25) is 10.0 Å². The molecule has 0 bridgehead atoms. The fourth-order valence-corrected chi connectivity index (χ4v) is 3.24. The summed E-state index contributed by atoms with van der Waals surface area (Å²) in [6.45, 7) is 2.55. The lowest BCUT2D eigenvalue weighted by Gasteiger charge is -2.15. The van der Waals surface area contributed by atoms with Gasteiger partial charge in [0.2, 0.25) is 0 Å². The predicted molar refractivity (Wildman–Crippen MR) is 111 cm³/mol. The van der Waals surface area contributed by atoms with Gasteiger partial charge in [-0.3, -0.25) is 0 Å². The number of ether oxygens (including phenoxy) is 3. The summed E-state index contributed by atoms with van der Waals surface area (Å²) in [6, 6.07) is 9.10. The minimum atomic E-state index is 0.0332. The Labute approximate surface area is 177 Å². The highest BCUT2D eigenvalue weighted by Crippen LogP contribution is 2.34. The van der Waals surface area contributed by atoms with E-state index in [-0.39, 0.29) is 6.61 Å². The minimum absolute atomic E-state index is 0.0332. The Balaban J connectivity index is 1.98. The topological polar surface area (TPSA) is 60.0 Å². The zero-order valence-corrected chi connectivity index (χ0v) is 18.0. The number of benzene rings is 2. The van der Waals surface area contributed by atoms with Crippen LogP contribution in [0.25, 0.3) is 0 Å². The first kappa shape index (κ1) is 22.3. The van der Waals surface area contributed by atoms with Gasteiger partial charge in [-0.1, -0.05) is 45.2 Å². The van der Waals surface area contributed by atoms with Gasteiger partial charge in [0.05, 0.1) is 26.9 Å². The van der Waals surface area contributed by atoms with Crippen molar-refractivity contribution in [2.75, 3.05) is 33.5 Å². The minimum Gasteiger partial charge on any atom is -0.493 e. The molecular weight excluding hydrogens is 457 g/mol. The van der Waals surface area contributed by atoms with Crippen molar-refractivity contribution in [3.05, 3.63) is 56.0 Å². The number of halogens is 3. The van der Waals surface area contributed by atoms with E-state index in [9.17, 15) is 0 Å². The molecule has 0 aromatic heterocycles. The summed E-state index contributed by atoms with van der Waals surface area (Å²) in [5, 5.41) is 13.1. The summed E-state index contributed by atoms with van der Waals surface area (Å²) in [6.07, 6.45) is 0. The highest BCUT2D eigenvalue weighted by molar-refractivity contribution is 9.10. The molecule has 2 rings (SSSR count). The van der Waals surface area contributed by atoms with Crippen molar-refractivity contribution in [3.63, 3.8) is 0 Å². The van der Waals surface area contributed by atoms with Gasteiger partial charge in [-0.05, 0) is 29.8 Å². The number of aliphatic hydroxyl groups excluding tert-OH is 1. The maximum Gasteiger partial charge on any atom is 0.162 e. The summed E-state index contributed by atoms with van der Waals surface area (Å²) < 4.78 is 17.5. The van der Waals surface area contributed by atoms with Crippen molar-refractivity contribution in [1.82, 2.24) is 5.32 Å². The van der Waals surface area contributed by atoms with Crippen molar-refractivity contribution < 1.29 is 19.3 Å². The van der Waals surface area contributed by atoms with Crippen LogP contribution in [0.1, 0.15) is 11.1 Å². The smallest absolute Gasteiger partial charge is 0.162 e. The van der Waals surface area contributed by atoms with Gasteiger partial charge in [0, 0.05) is 33.2 Å². The second kappa shape index (κ2) is 11.7. The van der Waals surface area contributed by atoms with Crippen LogP contribution in [0.15, 0.2) is 34.8 Å². The Hall–Kier alpha value is -1.02. The summed E-state index contributed by atoms with van der Waals surface area (Å²) >= 11 is 15.7. The van der Waals surface area contributed by atoms with Gasteiger partial charge in [0.15, 0.2) is 11.5 Å². The number of aliphatic hydroxyl groups is 1. The molecule has 0 fully saturated rings. The third-order valence-electron chi connectivity index (χ3n) is 3.71. The lowest BCUT2D eigenvalue weighted by molar-refractivity contribution is 0.0938. The van der Waals surface area contributed by atoms with Crippen molar-refractivity contribution in [2.45, 2.75) is 13.2 Å². The van der Waals surface area contributed by atoms with Gasteiger partial charge < -0.3 is 24.6 Å². The van der Waals surface area contributed by atoms with Gasteiger partial charge in [-0.2, -0.15) is 0 Å². The van der Waals surface area contributed by atoms with E-state index in [1.807, 2.05) is 18.2 Å². The zero-order valence-electron chi connectivity index (χ0n) is 14.9. The molecule has 0 atom stereocenters. The average Bonchev–Trinajstić information content (AvgIpc) is 2.65. The van der Waals surface area contributed by atoms with Crippen LogP contribution in [0.5, 0.6) is 11.5 Å². The van der Waals surface area contributed by atoms with Gasteiger partial charge in [-0.15, -0.1) is 0 Å². The molecule has 0 aliphatic heterocycles. The van der Waals surface area contributed by atoms with Crippen LogP contribution < -0.4 is 14.8 Å². The molecule has 2 aromatic carbocycles. The molecule has 0 heterocycles. The SMILES string of the molecule is COc1cc(CNCCOCCO)c(Br)cc1OCc1ccc(Cl)cc1Cl. The molecule has 27 heavy (non-hydrogen) atoms. The van der Waals surface area contributed by atoms with E-state index < -0.39 is 0 Å². The van der Waals surface area contributed by atoms with Crippen LogP contribution in [0, 0.1) is 0 Å². The number of hydrogen-bond acceptors (Lipinski definition) is 5. The maximum atomic E-state index is 8.67. The number of rotatable bonds is 11. The van der Waals surface area contributed by atoms with Gasteiger partial charge in [0.25, 0.3) is 0 Å². The monoisotopic (exact) mass is 477 g/mol. The van der Waals surface area contributed by atoms with Gasteiger partial charge >= 0.3 is 0 Å². The fraction of sp³-hybridized carbons (Fsp3) is 0.368. The second-order valence-electron chi connectivity index (χ2n) is 5.63. The number of methoxy groups -OCH3 is 1. The number of hydrogen-bond donors (Lipinski definition) is 2. The van der Waals surface area contributed by atoms with Crippen molar-refractivity contribution >= 4 is 39.1 Å². The molecule has 0 aliphatic carbocycles. The van der Waals surface area contributed by atoms with E-state index >= 15 is 0 Å². The van der Waals surface area contributed by atoms with Gasteiger partial charge in [0.1, 0.15) is 6.61 Å². The van der Waals surface area contributed by atoms with Crippen molar-refractivity contribution in [3.8, 4) is 11.5 Å². The Morgan fingerprint density at radius 1 is 1.07 bits per heavy atom. The summed E-state index contributed by atoms with van der Waals surface area (Å²) in [7, 11) is 1.60. The van der Waals surface area contributed by atoms with Crippen molar-refractivity contribution in [1.29, 1.82) is 0 Å². The lowest BCUT2D eigenvalue weighted by Crippen LogP contribution is -2.20. The van der Waals surface area contributed by atoms with Crippen molar-refractivity contribution in [2.24, 2.45) is 0 Å². The van der Waals surface area contributed by atoms with Crippen LogP contribution in [-0.4, -0.2) is 38.6 Å². The fourth-order valence-electron chi connectivity index (χ4n) is 2.31. The third-order valence-corrected chi connectivity index (χ3v) is 5.03. The molecule has 0 radical (unpaired) electrons. The zero-order chi connectivity index (χ0) is 19.6. The first-order valence-corrected chi connectivity index (χ1v) is 9.92. The van der Waals surface area contributed by atoms with Crippen LogP contribution in [-0.2, 0) is 17.9 Å². The van der Waals surface area contributed by atoms with E-state index in [2.05, 4.69) is 21.2 Å². The molecule has 2 aromatic rings. The number of nitrogens with one attached hydrogen (secondary N) is 1. The first-order chi connectivity index (χ1) is 13.0. The highest BCUT2D eigenvalue weighted by atomic mass is 79.9. The van der Waals surface area contributed by atoms with Crippen LogP contribution >= 0.6 is 39.1 Å². The molecule has 0 saturated carbocycles. The molecule has 0 aliphatic rings. The molecule has 0 amide bonds. The largest absolute Gasteiger partial charge is 0.493 e. The normalized spacial score (nSPS) is 10.9. The molecule has 148 valence electrons. The Bertz CT molecular complexity index is 746. The summed E-state index contributed by atoms with van der Waals surface area (Å²) in [5.74, 6) is 1.25. The maximum absolute atomic E-state index is 8.67. The van der Waals surface area contributed by atoms with E-state index in [4.69, 9.17) is 42.5 Å². The Kier molecular flexibility index (Phi) is 9.68. The van der Waals surface area contributed by atoms with Gasteiger partial charge in [-0.25, -0.2) is 0 Å². The van der Waals surface area contributed by atoms with E-state index in [1.165, 1.54) is 0 Å². The van der Waals surface area contributed by atoms with E-state index in [1.54, 1.807) is 19.2 Å². The molecule has 2 N–H and O–H groups in total. The predicted octanol–water partition coefficient (Wildman–Crippen LogP) is 4.44. The van der Waals surface area contributed by atoms with E-state index in [0.29, 0.717) is 54.5 Å². The first-order valence-electron chi connectivity index (χ1n) is 8.37. The van der Waals surface area contributed by atoms with Crippen LogP contribution in [0.4, 0.5) is 0 Å². The molecule has 8 heteroatoms. The standard InChI is InChI=1S/C19H22BrCl2NO4/c1-25-18-8-14(11-23-4-6-26-7-5-24)16(20)10-19(18)27-12-13-2-3-15(21)9-17(13)22/h2-3,8-10,23-24H,4-7,11-12H2,1H3. The highest BCUT2D eigenvalue weighted by Gasteiger charge is 2.11. The molecule has 5 nitrogen and oxygen atoms in total. The molecule has 0 saturated heterocycles. The molecular formula is C19H22BrCl2NO4. The second-order valence-corrected chi connectivity index (χ2v) is 7.33. The quantitative estimate of drug-likeness (QED) is 0.467. The lowest BCUT2D eigenvalue weighted by atomic mass is 10.2. The third kappa shape index (κ3) is 7.14. The summed E-state index contributed by atoms with van der Waals surface area (Å²) in [5.41, 5.74) is 1.87. The van der Waals surface area contributed by atoms with Crippen LogP contribution in [0.3, 0.4) is 0 Å². The molecule has 0 unspecified atom stereocenters. The average molecular weight is 479 g/mol. The Morgan fingerprint density at radius 3 is 2.59 bits per heavy atom. The molecule has 0 spiro atoms. The summed E-state index contributed by atoms with van der Waals surface area (Å²) in [4.78, 5) is 0.